The molecule has 6 nitrogen and oxygen atoms in total. The Labute approximate surface area is 114 Å². The van der Waals surface area contributed by atoms with Crippen LogP contribution in [0.15, 0.2) is 24.4 Å². The van der Waals surface area contributed by atoms with Gasteiger partial charge < -0.3 is 10.0 Å². The van der Waals surface area contributed by atoms with E-state index >= 15 is 0 Å². The second kappa shape index (κ2) is 6.24. The summed E-state index contributed by atoms with van der Waals surface area (Å²) < 4.78 is 0. The first-order valence-electron chi connectivity index (χ1n) is 5.92. The number of pyridine rings is 1. The molecule has 2 rings (SSSR count). The fourth-order valence-corrected chi connectivity index (χ4v) is 2.46. The van der Waals surface area contributed by atoms with Gasteiger partial charge in [-0.1, -0.05) is 24.3 Å². The molecule has 0 aliphatic carbocycles. The third kappa shape index (κ3) is 3.47. The van der Waals surface area contributed by atoms with Gasteiger partial charge in [-0.25, -0.2) is 0 Å². The number of rotatable bonds is 6. The number of carboxylic acids is 1. The zero-order valence-corrected chi connectivity index (χ0v) is 11.3. The number of aromatic nitrogens is 3. The Hall–Kier alpha value is -2.02. The molecule has 0 aliphatic heterocycles. The summed E-state index contributed by atoms with van der Waals surface area (Å²) in [7, 11) is 0. The zero-order valence-electron chi connectivity index (χ0n) is 10.5. The predicted molar refractivity (Wildman–Crippen MR) is 73.3 cm³/mol. The molecular weight excluding hydrogens is 264 g/mol. The lowest BCUT2D eigenvalue weighted by Gasteiger charge is -2.17. The molecule has 0 spiro atoms. The number of hydrogen-bond donors (Lipinski definition) is 1. The van der Waals surface area contributed by atoms with Crippen LogP contribution < -0.4 is 4.90 Å². The van der Waals surface area contributed by atoms with Crippen LogP contribution in [-0.2, 0) is 4.79 Å². The van der Waals surface area contributed by atoms with Gasteiger partial charge in [0.25, 0.3) is 0 Å². The topological polar surface area (TPSA) is 79.2 Å². The first-order chi connectivity index (χ1) is 9.20. The molecule has 100 valence electrons. The van der Waals surface area contributed by atoms with Crippen molar-refractivity contribution in [2.45, 2.75) is 13.3 Å². The fraction of sp³-hybridized carbons (Fsp3) is 0.333. The summed E-state index contributed by atoms with van der Waals surface area (Å²) in [6.45, 7) is 2.57. The monoisotopic (exact) mass is 278 g/mol. The van der Waals surface area contributed by atoms with Crippen LogP contribution in [0.1, 0.15) is 13.3 Å². The van der Waals surface area contributed by atoms with Crippen molar-refractivity contribution >= 4 is 22.4 Å². The normalized spacial score (nSPS) is 10.4. The van der Waals surface area contributed by atoms with Gasteiger partial charge in [-0.2, -0.15) is 0 Å². The molecule has 2 aromatic heterocycles. The van der Waals surface area contributed by atoms with Crippen molar-refractivity contribution in [3.05, 3.63) is 24.4 Å². The molecule has 0 radical (unpaired) electrons. The Morgan fingerprint density at radius 1 is 1.42 bits per heavy atom. The molecule has 0 saturated carbocycles. The van der Waals surface area contributed by atoms with Crippen LogP contribution in [0, 0.1) is 0 Å². The minimum atomic E-state index is -0.872. The summed E-state index contributed by atoms with van der Waals surface area (Å²) in [5, 5.41) is 18.3. The lowest BCUT2D eigenvalue weighted by atomic mass is 10.4. The third-order valence-corrected chi connectivity index (χ3v) is 3.40. The number of aliphatic carboxylic acids is 1. The lowest BCUT2D eigenvalue weighted by molar-refractivity contribution is -0.135. The molecule has 2 heterocycles. The fourth-order valence-electron chi connectivity index (χ4n) is 1.61. The summed E-state index contributed by atoms with van der Waals surface area (Å²) in [6.07, 6.45) is 2.54. The van der Waals surface area contributed by atoms with Crippen molar-refractivity contribution < 1.29 is 9.90 Å². The highest BCUT2D eigenvalue weighted by molar-refractivity contribution is 7.18. The van der Waals surface area contributed by atoms with Gasteiger partial charge in [-0.3, -0.25) is 9.78 Å². The van der Waals surface area contributed by atoms with Crippen molar-refractivity contribution in [2.75, 3.05) is 18.0 Å². The molecule has 2 aromatic rings. The Morgan fingerprint density at radius 2 is 2.26 bits per heavy atom. The Kier molecular flexibility index (Phi) is 4.40. The molecule has 0 amide bonds. The van der Waals surface area contributed by atoms with E-state index in [1.165, 1.54) is 11.3 Å². The van der Waals surface area contributed by atoms with Crippen molar-refractivity contribution in [2.24, 2.45) is 0 Å². The van der Waals surface area contributed by atoms with Gasteiger partial charge in [-0.05, 0) is 18.6 Å². The molecule has 0 bridgehead atoms. The van der Waals surface area contributed by atoms with Crippen LogP contribution in [0.3, 0.4) is 0 Å². The quantitative estimate of drug-likeness (QED) is 0.869. The molecule has 1 N–H and O–H groups in total. The Balaban J connectivity index is 2.21. The van der Waals surface area contributed by atoms with Gasteiger partial charge in [0.05, 0.1) is 0 Å². The number of nitrogens with zero attached hydrogens (tertiary/aromatic N) is 4. The average Bonchev–Trinajstić information content (AvgIpc) is 2.88. The first-order valence-corrected chi connectivity index (χ1v) is 6.74. The summed E-state index contributed by atoms with van der Waals surface area (Å²) in [4.78, 5) is 16.8. The third-order valence-electron chi connectivity index (χ3n) is 2.39. The summed E-state index contributed by atoms with van der Waals surface area (Å²) in [6, 6.07) is 5.56. The van der Waals surface area contributed by atoms with E-state index in [2.05, 4.69) is 15.2 Å². The van der Waals surface area contributed by atoms with E-state index in [1.807, 2.05) is 25.1 Å². The Bertz CT molecular complexity index is 544. The van der Waals surface area contributed by atoms with Crippen LogP contribution in [0.5, 0.6) is 0 Å². The van der Waals surface area contributed by atoms with E-state index in [4.69, 9.17) is 5.11 Å². The predicted octanol–water partition coefficient (Wildman–Crippen LogP) is 1.90. The van der Waals surface area contributed by atoms with E-state index in [0.29, 0.717) is 16.7 Å². The summed E-state index contributed by atoms with van der Waals surface area (Å²) >= 11 is 1.35. The first kappa shape index (κ1) is 13.4. The smallest absolute Gasteiger partial charge is 0.323 e. The molecular formula is C12H14N4O2S. The molecule has 0 atom stereocenters. The minimum Gasteiger partial charge on any atom is -0.480 e. The minimum absolute atomic E-state index is 0.0648. The number of anilines is 1. The highest BCUT2D eigenvalue weighted by Gasteiger charge is 2.15. The Morgan fingerprint density at radius 3 is 2.89 bits per heavy atom. The largest absolute Gasteiger partial charge is 0.480 e. The van der Waals surface area contributed by atoms with Crippen molar-refractivity contribution in [1.29, 1.82) is 0 Å². The second-order valence-corrected chi connectivity index (χ2v) is 4.88. The summed E-state index contributed by atoms with van der Waals surface area (Å²) in [5.41, 5.74) is 0.748. The molecule has 19 heavy (non-hydrogen) atoms. The number of carbonyl (C=O) groups is 1. The van der Waals surface area contributed by atoms with Gasteiger partial charge in [-0.15, -0.1) is 10.2 Å². The highest BCUT2D eigenvalue weighted by Crippen LogP contribution is 2.27. The van der Waals surface area contributed by atoms with Crippen LogP contribution in [0.4, 0.5) is 5.13 Å². The number of carboxylic acid groups (broad SMARTS) is 1. The highest BCUT2D eigenvalue weighted by atomic mass is 32.1. The van der Waals surface area contributed by atoms with Crippen LogP contribution >= 0.6 is 11.3 Å². The van der Waals surface area contributed by atoms with Crippen LogP contribution in [-0.4, -0.2) is 39.3 Å². The maximum absolute atomic E-state index is 10.8. The van der Waals surface area contributed by atoms with E-state index < -0.39 is 5.97 Å². The van der Waals surface area contributed by atoms with Crippen molar-refractivity contribution in [3.63, 3.8) is 0 Å². The van der Waals surface area contributed by atoms with Gasteiger partial charge in [0, 0.05) is 12.7 Å². The van der Waals surface area contributed by atoms with E-state index in [9.17, 15) is 4.79 Å². The van der Waals surface area contributed by atoms with E-state index in [-0.39, 0.29) is 6.54 Å². The van der Waals surface area contributed by atoms with Crippen molar-refractivity contribution in [3.8, 4) is 10.7 Å². The zero-order chi connectivity index (χ0) is 13.7. The number of hydrogen-bond acceptors (Lipinski definition) is 6. The molecule has 0 saturated heterocycles. The molecule has 7 heteroatoms. The molecule has 0 unspecified atom stereocenters. The van der Waals surface area contributed by atoms with Gasteiger partial charge in [0.15, 0.2) is 5.01 Å². The second-order valence-electron chi connectivity index (χ2n) is 3.92. The van der Waals surface area contributed by atoms with Crippen LogP contribution in [0.25, 0.3) is 10.7 Å². The van der Waals surface area contributed by atoms with Crippen LogP contribution in [0.2, 0.25) is 0 Å². The van der Waals surface area contributed by atoms with E-state index in [0.717, 1.165) is 12.1 Å². The molecule has 0 aromatic carbocycles. The van der Waals surface area contributed by atoms with Crippen molar-refractivity contribution in [1.82, 2.24) is 15.2 Å². The molecule has 0 aliphatic rings. The van der Waals surface area contributed by atoms with E-state index in [1.54, 1.807) is 11.1 Å². The molecule has 0 fully saturated rings. The maximum Gasteiger partial charge on any atom is 0.323 e. The standard InChI is InChI=1S/C12H14N4O2S/c1-2-7-16(8-10(17)18)12-15-14-11(19-12)9-5-3-4-6-13-9/h3-6H,2,7-8H2,1H3,(H,17,18). The van der Waals surface area contributed by atoms with Gasteiger partial charge >= 0.3 is 5.97 Å². The SMILES string of the molecule is CCCN(CC(=O)O)c1nnc(-c2ccccn2)s1. The maximum atomic E-state index is 10.8. The average molecular weight is 278 g/mol. The summed E-state index contributed by atoms with van der Waals surface area (Å²) in [5.74, 6) is -0.872. The lowest BCUT2D eigenvalue weighted by Crippen LogP contribution is -2.30. The van der Waals surface area contributed by atoms with Gasteiger partial charge in [0.1, 0.15) is 12.2 Å². The van der Waals surface area contributed by atoms with Gasteiger partial charge in [0.2, 0.25) is 5.13 Å².